The summed E-state index contributed by atoms with van der Waals surface area (Å²) in [5, 5.41) is 2.84. The Bertz CT molecular complexity index is 172. The summed E-state index contributed by atoms with van der Waals surface area (Å²) >= 11 is 0. The van der Waals surface area contributed by atoms with Gasteiger partial charge in [0.05, 0.1) is 5.70 Å². The minimum absolute atomic E-state index is 0.228. The molecule has 1 unspecified atom stereocenters. The molecule has 9 heavy (non-hydrogen) atoms. The molecule has 1 N–H and O–H groups in total. The van der Waals surface area contributed by atoms with Gasteiger partial charge in [-0.25, -0.2) is 0 Å². The molecule has 0 fully saturated rings. The molecule has 0 spiro atoms. The number of carbonyl (C=O) groups is 1. The van der Waals surface area contributed by atoms with Crippen LogP contribution in [0, 0.1) is 0 Å². The highest BCUT2D eigenvalue weighted by Crippen LogP contribution is 1.95. The largest absolute Gasteiger partial charge is 0.376 e. The van der Waals surface area contributed by atoms with E-state index >= 15 is 0 Å². The van der Waals surface area contributed by atoms with Crippen LogP contribution in [-0.2, 0) is 4.79 Å². The van der Waals surface area contributed by atoms with Gasteiger partial charge in [-0.15, -0.1) is 0 Å². The zero-order valence-corrected chi connectivity index (χ0v) is 5.16. The average molecular weight is 124 g/mol. The van der Waals surface area contributed by atoms with Gasteiger partial charge in [-0.05, 0) is 6.92 Å². The summed E-state index contributed by atoms with van der Waals surface area (Å²) in [6, 6.07) is -0.228. The Labute approximate surface area is 53.5 Å². The van der Waals surface area contributed by atoms with Gasteiger partial charge >= 0.3 is 0 Å². The zero-order valence-electron chi connectivity index (χ0n) is 5.16. The third-order valence-electron chi connectivity index (χ3n) is 1.07. The van der Waals surface area contributed by atoms with Crippen molar-refractivity contribution in [3.63, 3.8) is 0 Å². The summed E-state index contributed by atoms with van der Waals surface area (Å²) in [6.07, 6.45) is 4.12. The number of nitrogens with zero attached hydrogens (tertiary/aromatic N) is 1. The van der Waals surface area contributed by atoms with Gasteiger partial charge in [-0.3, -0.25) is 4.99 Å². The second-order valence-corrected chi connectivity index (χ2v) is 1.89. The number of rotatable bonds is 1. The third kappa shape index (κ3) is 1.38. The quantitative estimate of drug-likeness (QED) is 0.503. The van der Waals surface area contributed by atoms with E-state index in [4.69, 9.17) is 0 Å². The van der Waals surface area contributed by atoms with Crippen LogP contribution in [0.4, 0.5) is 0 Å². The Morgan fingerprint density at radius 1 is 1.89 bits per heavy atom. The molecule has 0 bridgehead atoms. The molecule has 1 aliphatic rings. The number of nitrogens with one attached hydrogen (secondary N) is 1. The molecule has 0 saturated carbocycles. The first-order chi connectivity index (χ1) is 4.33. The number of hydrogen-bond acceptors (Lipinski definition) is 3. The van der Waals surface area contributed by atoms with E-state index in [0.717, 1.165) is 12.0 Å². The summed E-state index contributed by atoms with van der Waals surface area (Å²) in [7, 11) is 0. The normalized spacial score (nSPS) is 24.6. The summed E-state index contributed by atoms with van der Waals surface area (Å²) in [5.74, 6) is 0. The first kappa shape index (κ1) is 6.01. The number of hydrogen-bond donors (Lipinski definition) is 1. The van der Waals surface area contributed by atoms with Crippen molar-refractivity contribution < 1.29 is 4.79 Å². The molecule has 0 saturated heterocycles. The van der Waals surface area contributed by atoms with Gasteiger partial charge in [0, 0.05) is 12.4 Å². The maximum absolute atomic E-state index is 10.1. The van der Waals surface area contributed by atoms with Crippen LogP contribution in [0.5, 0.6) is 0 Å². The lowest BCUT2D eigenvalue weighted by Gasteiger charge is -2.08. The molecule has 0 aromatic rings. The van der Waals surface area contributed by atoms with Gasteiger partial charge in [0.15, 0.2) is 0 Å². The smallest absolute Gasteiger partial charge is 0.147 e. The van der Waals surface area contributed by atoms with Crippen LogP contribution in [0.1, 0.15) is 6.92 Å². The van der Waals surface area contributed by atoms with Crippen LogP contribution in [0.2, 0.25) is 0 Å². The zero-order chi connectivity index (χ0) is 6.69. The highest BCUT2D eigenvalue weighted by Gasteiger charge is 2.02. The third-order valence-corrected chi connectivity index (χ3v) is 1.07. The minimum Gasteiger partial charge on any atom is -0.376 e. The van der Waals surface area contributed by atoms with Crippen LogP contribution < -0.4 is 5.32 Å². The average Bonchev–Trinajstić information content (AvgIpc) is 1.90. The highest BCUT2D eigenvalue weighted by molar-refractivity contribution is 5.86. The van der Waals surface area contributed by atoms with Crippen molar-refractivity contribution in [1.29, 1.82) is 0 Å². The molecule has 0 aliphatic carbocycles. The first-order valence-electron chi connectivity index (χ1n) is 2.75. The maximum Gasteiger partial charge on any atom is 0.147 e. The Hall–Kier alpha value is -1.12. The molecule has 48 valence electrons. The maximum atomic E-state index is 10.1. The first-order valence-corrected chi connectivity index (χ1v) is 2.75. The van der Waals surface area contributed by atoms with Gasteiger partial charge < -0.3 is 10.1 Å². The Morgan fingerprint density at radius 3 is 3.11 bits per heavy atom. The number of allylic oxidation sites excluding steroid dienone is 1. The van der Waals surface area contributed by atoms with Gasteiger partial charge in [0.1, 0.15) is 12.3 Å². The molecule has 0 aromatic heterocycles. The van der Waals surface area contributed by atoms with Gasteiger partial charge in [0.2, 0.25) is 0 Å². The van der Waals surface area contributed by atoms with Crippen molar-refractivity contribution in [2.24, 2.45) is 4.99 Å². The summed E-state index contributed by atoms with van der Waals surface area (Å²) in [4.78, 5) is 14.0. The molecule has 0 amide bonds. The van der Waals surface area contributed by atoms with Gasteiger partial charge in [0.25, 0.3) is 0 Å². The van der Waals surface area contributed by atoms with Crippen LogP contribution in [-0.4, -0.2) is 18.5 Å². The van der Waals surface area contributed by atoms with Crippen LogP contribution in [0.15, 0.2) is 16.9 Å². The number of aldehydes is 1. The van der Waals surface area contributed by atoms with E-state index in [1.54, 1.807) is 12.4 Å². The number of carbonyl (C=O) groups excluding carboxylic acids is 1. The van der Waals surface area contributed by atoms with E-state index in [2.05, 4.69) is 10.3 Å². The van der Waals surface area contributed by atoms with Crippen LogP contribution in [0.3, 0.4) is 0 Å². The van der Waals surface area contributed by atoms with Gasteiger partial charge in [-0.1, -0.05) is 0 Å². The lowest BCUT2D eigenvalue weighted by atomic mass is 10.3. The fraction of sp³-hybridized carbons (Fsp3) is 0.333. The Balaban J connectivity index is 2.58. The van der Waals surface area contributed by atoms with Crippen molar-refractivity contribution in [2.45, 2.75) is 13.0 Å². The van der Waals surface area contributed by atoms with Crippen molar-refractivity contribution in [3.8, 4) is 0 Å². The second-order valence-electron chi connectivity index (χ2n) is 1.89. The molecule has 0 radical (unpaired) electrons. The molecule has 1 rings (SSSR count). The molecular formula is C6H8N2O. The molecular weight excluding hydrogens is 116 g/mol. The Kier molecular flexibility index (Phi) is 1.63. The van der Waals surface area contributed by atoms with Crippen molar-refractivity contribution >= 4 is 12.5 Å². The lowest BCUT2D eigenvalue weighted by molar-refractivity contribution is -0.108. The molecule has 1 atom stereocenters. The summed E-state index contributed by atoms with van der Waals surface area (Å²) in [5.41, 5.74) is 0.896. The molecule has 1 heterocycles. The predicted molar refractivity (Wildman–Crippen MR) is 35.2 cm³/mol. The fourth-order valence-corrected chi connectivity index (χ4v) is 0.569. The van der Waals surface area contributed by atoms with Crippen molar-refractivity contribution in [1.82, 2.24) is 5.32 Å². The Morgan fingerprint density at radius 2 is 2.67 bits per heavy atom. The minimum atomic E-state index is -0.228. The van der Waals surface area contributed by atoms with E-state index in [9.17, 15) is 4.79 Å². The molecule has 3 nitrogen and oxygen atoms in total. The lowest BCUT2D eigenvalue weighted by Crippen LogP contribution is -2.29. The highest BCUT2D eigenvalue weighted by atomic mass is 16.1. The van der Waals surface area contributed by atoms with E-state index in [-0.39, 0.29) is 6.04 Å². The van der Waals surface area contributed by atoms with E-state index in [1.807, 2.05) is 6.92 Å². The number of aliphatic imine (C=N–C) groups is 1. The fourth-order valence-electron chi connectivity index (χ4n) is 0.569. The molecule has 0 aromatic carbocycles. The van der Waals surface area contributed by atoms with E-state index in [1.165, 1.54) is 0 Å². The van der Waals surface area contributed by atoms with E-state index in [0.29, 0.717) is 0 Å². The summed E-state index contributed by atoms with van der Waals surface area (Å²) < 4.78 is 0. The van der Waals surface area contributed by atoms with E-state index < -0.39 is 0 Å². The van der Waals surface area contributed by atoms with Crippen molar-refractivity contribution in [3.05, 3.63) is 11.9 Å². The monoisotopic (exact) mass is 124 g/mol. The van der Waals surface area contributed by atoms with Crippen molar-refractivity contribution in [2.75, 3.05) is 0 Å². The standard InChI is InChI=1S/C6H8N2O/c1-5-2-8-6(4-9)3-7-5/h2-4,6,8H,1H3. The van der Waals surface area contributed by atoms with Crippen LogP contribution in [0.25, 0.3) is 0 Å². The molecule has 1 aliphatic heterocycles. The molecule has 3 heteroatoms. The van der Waals surface area contributed by atoms with Gasteiger partial charge in [-0.2, -0.15) is 0 Å². The van der Waals surface area contributed by atoms with Crippen LogP contribution >= 0.6 is 0 Å². The predicted octanol–water partition coefficient (Wildman–Crippen LogP) is 0.0892. The SMILES string of the molecule is CC1=CNC(C=O)C=N1. The second kappa shape index (κ2) is 2.44. The topological polar surface area (TPSA) is 41.5 Å². The summed E-state index contributed by atoms with van der Waals surface area (Å²) in [6.45, 7) is 1.87.